The number of carbonyl (C=O) groups is 3. The third-order valence-electron chi connectivity index (χ3n) is 5.53. The van der Waals surface area contributed by atoms with Crippen LogP contribution in [0.15, 0.2) is 48.5 Å². The molecule has 1 aromatic heterocycles. The highest BCUT2D eigenvalue weighted by Gasteiger charge is 2.25. The molecule has 3 aromatic rings. The molecule has 2 aromatic carbocycles. The van der Waals surface area contributed by atoms with Gasteiger partial charge >= 0.3 is 11.9 Å². The van der Waals surface area contributed by atoms with E-state index in [0.717, 1.165) is 24.2 Å². The number of amides is 1. The lowest BCUT2D eigenvalue weighted by Crippen LogP contribution is -2.17. The summed E-state index contributed by atoms with van der Waals surface area (Å²) >= 11 is 6.33. The predicted octanol–water partition coefficient (Wildman–Crippen LogP) is 5.07. The van der Waals surface area contributed by atoms with E-state index in [9.17, 15) is 24.6 Å². The van der Waals surface area contributed by atoms with Crippen molar-refractivity contribution in [2.24, 2.45) is 0 Å². The smallest absolute Gasteiger partial charge is 0.336 e. The molecule has 0 bridgehead atoms. The Hall–Kier alpha value is -3.65. The van der Waals surface area contributed by atoms with Crippen LogP contribution in [0.1, 0.15) is 70.4 Å². The van der Waals surface area contributed by atoms with Crippen molar-refractivity contribution in [3.8, 4) is 0 Å². The molecule has 1 atom stereocenters. The average Bonchev–Trinajstić information content (AvgIpc) is 3.12. The molecule has 34 heavy (non-hydrogen) atoms. The number of anilines is 1. The first kappa shape index (κ1) is 25.0. The van der Waals surface area contributed by atoms with Crippen molar-refractivity contribution in [1.82, 2.24) is 9.55 Å². The number of carboxylic acid groups (broad SMARTS) is 2. The minimum absolute atomic E-state index is 0.0694. The van der Waals surface area contributed by atoms with Crippen LogP contribution in [-0.4, -0.2) is 37.6 Å². The summed E-state index contributed by atoms with van der Waals surface area (Å²) in [6.07, 6.45) is 2.55. The third kappa shape index (κ3) is 5.63. The number of hydrogen-bond donors (Lipinski definition) is 3. The van der Waals surface area contributed by atoms with E-state index in [1.165, 1.54) is 12.1 Å². The fourth-order valence-corrected chi connectivity index (χ4v) is 4.02. The molecule has 3 rings (SSSR count). The lowest BCUT2D eigenvalue weighted by Gasteiger charge is -2.15. The van der Waals surface area contributed by atoms with E-state index in [0.29, 0.717) is 24.3 Å². The largest absolute Gasteiger partial charge is 0.481 e. The summed E-state index contributed by atoms with van der Waals surface area (Å²) in [5.41, 5.74) is 1.83. The molecule has 0 aliphatic carbocycles. The first-order chi connectivity index (χ1) is 16.2. The summed E-state index contributed by atoms with van der Waals surface area (Å²) in [6, 6.07) is 13.0. The standard InChI is InChI=1S/C25H26ClN3O5/c1-3-4-9-20-28-22(26)21(15(2)24(31)32)29(20)14-16-10-12-17(13-11-16)27-23(30)18-7-5-6-8-19(18)25(33)34/h5-8,10-13,15H,3-4,9,14H2,1-2H3,(H,27,30)(H,31,32)(H,33,34). The Bertz CT molecular complexity index is 1200. The van der Waals surface area contributed by atoms with Gasteiger partial charge in [0, 0.05) is 18.7 Å². The number of aromatic carboxylic acids is 1. The van der Waals surface area contributed by atoms with Crippen molar-refractivity contribution in [3.63, 3.8) is 0 Å². The SMILES string of the molecule is CCCCc1nc(Cl)c(C(C)C(=O)O)n1Cc1ccc(NC(=O)c2ccccc2C(=O)O)cc1. The van der Waals surface area contributed by atoms with Gasteiger partial charge in [0.2, 0.25) is 0 Å². The van der Waals surface area contributed by atoms with Gasteiger partial charge in [0.15, 0.2) is 5.15 Å². The minimum atomic E-state index is -1.18. The molecule has 0 aliphatic heterocycles. The number of imidazole rings is 1. The van der Waals surface area contributed by atoms with Gasteiger partial charge in [-0.15, -0.1) is 0 Å². The Morgan fingerprint density at radius 2 is 1.71 bits per heavy atom. The van der Waals surface area contributed by atoms with E-state index < -0.39 is 23.8 Å². The molecule has 1 unspecified atom stereocenters. The van der Waals surface area contributed by atoms with E-state index in [1.807, 2.05) is 16.7 Å². The number of nitrogens with zero attached hydrogens (tertiary/aromatic N) is 2. The van der Waals surface area contributed by atoms with Crippen LogP contribution in [0.2, 0.25) is 5.15 Å². The van der Waals surface area contributed by atoms with E-state index in [4.69, 9.17) is 11.6 Å². The van der Waals surface area contributed by atoms with E-state index in [-0.39, 0.29) is 16.3 Å². The minimum Gasteiger partial charge on any atom is -0.481 e. The van der Waals surface area contributed by atoms with Crippen molar-refractivity contribution in [3.05, 3.63) is 81.9 Å². The molecule has 0 spiro atoms. The van der Waals surface area contributed by atoms with E-state index in [2.05, 4.69) is 17.2 Å². The first-order valence-corrected chi connectivity index (χ1v) is 11.3. The van der Waals surface area contributed by atoms with Crippen LogP contribution in [0, 0.1) is 0 Å². The highest BCUT2D eigenvalue weighted by atomic mass is 35.5. The Morgan fingerprint density at radius 3 is 2.29 bits per heavy atom. The molecule has 178 valence electrons. The molecule has 1 heterocycles. The predicted molar refractivity (Wildman–Crippen MR) is 129 cm³/mol. The van der Waals surface area contributed by atoms with Gasteiger partial charge < -0.3 is 20.1 Å². The van der Waals surface area contributed by atoms with Crippen molar-refractivity contribution < 1.29 is 24.6 Å². The highest BCUT2D eigenvalue weighted by molar-refractivity contribution is 6.30. The van der Waals surface area contributed by atoms with Gasteiger partial charge in [-0.3, -0.25) is 9.59 Å². The second kappa shape index (κ2) is 11.0. The molecule has 0 radical (unpaired) electrons. The number of aryl methyl sites for hydroxylation is 1. The zero-order valence-corrected chi connectivity index (χ0v) is 19.7. The molecule has 9 heteroatoms. The van der Waals surface area contributed by atoms with Crippen molar-refractivity contribution >= 4 is 35.1 Å². The van der Waals surface area contributed by atoms with Crippen LogP contribution in [-0.2, 0) is 17.8 Å². The molecule has 0 saturated carbocycles. The summed E-state index contributed by atoms with van der Waals surface area (Å²) < 4.78 is 1.85. The Labute approximate surface area is 202 Å². The molecule has 0 aliphatic rings. The number of carboxylic acids is 2. The molecule has 1 amide bonds. The lowest BCUT2D eigenvalue weighted by molar-refractivity contribution is -0.138. The highest BCUT2D eigenvalue weighted by Crippen LogP contribution is 2.28. The lowest BCUT2D eigenvalue weighted by atomic mass is 10.1. The Balaban J connectivity index is 1.83. The molecule has 0 saturated heterocycles. The number of benzene rings is 2. The number of halogens is 1. The second-order valence-electron chi connectivity index (χ2n) is 7.96. The Kier molecular flexibility index (Phi) is 8.07. The molecular weight excluding hydrogens is 458 g/mol. The number of aromatic nitrogens is 2. The number of rotatable bonds is 10. The number of carbonyl (C=O) groups excluding carboxylic acids is 1. The second-order valence-corrected chi connectivity index (χ2v) is 8.31. The van der Waals surface area contributed by atoms with Gasteiger partial charge in [-0.1, -0.05) is 49.2 Å². The quantitative estimate of drug-likeness (QED) is 0.370. The maximum Gasteiger partial charge on any atom is 0.336 e. The molecule has 3 N–H and O–H groups in total. The van der Waals surface area contributed by atoms with Gasteiger partial charge in [0.05, 0.1) is 22.7 Å². The maximum absolute atomic E-state index is 12.6. The fraction of sp³-hybridized carbons (Fsp3) is 0.280. The Morgan fingerprint density at radius 1 is 1.06 bits per heavy atom. The van der Waals surface area contributed by atoms with Crippen molar-refractivity contribution in [2.75, 3.05) is 5.32 Å². The molecule has 0 fully saturated rings. The monoisotopic (exact) mass is 483 g/mol. The van der Waals surface area contributed by atoms with E-state index >= 15 is 0 Å². The van der Waals surface area contributed by atoms with Gasteiger partial charge in [0.25, 0.3) is 5.91 Å². The number of aliphatic carboxylic acids is 1. The van der Waals surface area contributed by atoms with Crippen LogP contribution >= 0.6 is 11.6 Å². The first-order valence-electron chi connectivity index (χ1n) is 10.9. The van der Waals surface area contributed by atoms with Crippen LogP contribution in [0.25, 0.3) is 0 Å². The molecule has 8 nitrogen and oxygen atoms in total. The van der Waals surface area contributed by atoms with E-state index in [1.54, 1.807) is 31.2 Å². The van der Waals surface area contributed by atoms with Gasteiger partial charge in [-0.05, 0) is 43.2 Å². The zero-order chi connectivity index (χ0) is 24.8. The summed E-state index contributed by atoms with van der Waals surface area (Å²) in [6.45, 7) is 4.03. The zero-order valence-electron chi connectivity index (χ0n) is 18.9. The van der Waals surface area contributed by atoms with Crippen LogP contribution in [0.5, 0.6) is 0 Å². The number of nitrogens with one attached hydrogen (secondary N) is 1. The van der Waals surface area contributed by atoms with Crippen LogP contribution in [0.3, 0.4) is 0 Å². The third-order valence-corrected chi connectivity index (χ3v) is 5.81. The normalized spacial score (nSPS) is 11.7. The summed E-state index contributed by atoms with van der Waals surface area (Å²) in [5, 5.41) is 21.7. The van der Waals surface area contributed by atoms with Gasteiger partial charge in [-0.25, -0.2) is 9.78 Å². The summed E-state index contributed by atoms with van der Waals surface area (Å²) in [7, 11) is 0. The van der Waals surface area contributed by atoms with Gasteiger partial charge in [-0.2, -0.15) is 0 Å². The summed E-state index contributed by atoms with van der Waals surface area (Å²) in [5.74, 6) is -2.76. The number of hydrogen-bond acceptors (Lipinski definition) is 4. The van der Waals surface area contributed by atoms with Gasteiger partial charge in [0.1, 0.15) is 5.82 Å². The fourth-order valence-electron chi connectivity index (χ4n) is 3.65. The topological polar surface area (TPSA) is 122 Å². The number of unbranched alkanes of at least 4 members (excludes halogenated alkanes) is 1. The average molecular weight is 484 g/mol. The van der Waals surface area contributed by atoms with Crippen LogP contribution in [0.4, 0.5) is 5.69 Å². The summed E-state index contributed by atoms with van der Waals surface area (Å²) in [4.78, 5) is 40.0. The molecular formula is C25H26ClN3O5. The van der Waals surface area contributed by atoms with Crippen LogP contribution < -0.4 is 5.32 Å². The maximum atomic E-state index is 12.6. The van der Waals surface area contributed by atoms with Crippen molar-refractivity contribution in [1.29, 1.82) is 0 Å². The van der Waals surface area contributed by atoms with Crippen molar-refractivity contribution in [2.45, 2.75) is 45.6 Å².